The van der Waals surface area contributed by atoms with Crippen LogP contribution in [0.4, 0.5) is 0 Å². The Labute approximate surface area is 215 Å². The van der Waals surface area contributed by atoms with Crippen LogP contribution in [0.3, 0.4) is 0 Å². The number of methoxy groups -OCH3 is 1. The summed E-state index contributed by atoms with van der Waals surface area (Å²) in [5.41, 5.74) is 0. The van der Waals surface area contributed by atoms with Crippen LogP contribution in [0, 0.1) is 0 Å². The van der Waals surface area contributed by atoms with Gasteiger partial charge < -0.3 is 52.6 Å². The van der Waals surface area contributed by atoms with Crippen molar-refractivity contribution in [2.45, 2.75) is 0 Å². The van der Waals surface area contributed by atoms with E-state index >= 15 is 0 Å². The second-order valence-electron chi connectivity index (χ2n) is 7.31. The lowest BCUT2D eigenvalue weighted by Crippen LogP contribution is -2.24. The highest BCUT2D eigenvalue weighted by Crippen LogP contribution is 1.88. The number of hydrogen-bond donors (Lipinski definition) is 1. The van der Waals surface area contributed by atoms with E-state index in [2.05, 4.69) is 4.74 Å². The van der Waals surface area contributed by atoms with Crippen molar-refractivity contribution in [3.05, 3.63) is 12.2 Å². The zero-order chi connectivity index (χ0) is 26.4. The zero-order valence-electron chi connectivity index (χ0n) is 22.1. The van der Waals surface area contributed by atoms with Gasteiger partial charge in [0.2, 0.25) is 0 Å². The van der Waals surface area contributed by atoms with Gasteiger partial charge in [-0.05, 0) is 7.05 Å². The molecule has 12 heteroatoms. The topological polar surface area (TPSA) is 124 Å². The van der Waals surface area contributed by atoms with Crippen LogP contribution in [-0.2, 0) is 47.4 Å². The van der Waals surface area contributed by atoms with E-state index in [1.165, 1.54) is 13.2 Å². The number of hydrogen-bond acceptors (Lipinski definition) is 12. The first-order valence-corrected chi connectivity index (χ1v) is 12.4. The molecule has 0 unspecified atom stereocenters. The van der Waals surface area contributed by atoms with Crippen molar-refractivity contribution >= 4 is 5.97 Å². The SMILES string of the molecule is COC(=O)/C=C/CN(C)CCOCCOCCOCCOCCOCCOCCOCCOCCO. The lowest BCUT2D eigenvalue weighted by molar-refractivity contribution is -0.134. The summed E-state index contributed by atoms with van der Waals surface area (Å²) in [5, 5.41) is 8.55. The van der Waals surface area contributed by atoms with Gasteiger partial charge in [0.15, 0.2) is 0 Å². The van der Waals surface area contributed by atoms with Crippen LogP contribution in [0.1, 0.15) is 0 Å². The molecular formula is C24H47NO11. The quantitative estimate of drug-likeness (QED) is 0.0788. The van der Waals surface area contributed by atoms with Crippen LogP contribution in [0.2, 0.25) is 0 Å². The number of ether oxygens (including phenoxy) is 9. The third-order valence-electron chi connectivity index (χ3n) is 4.33. The molecule has 0 saturated heterocycles. The molecule has 1 N–H and O–H groups in total. The molecule has 0 aromatic rings. The summed E-state index contributed by atoms with van der Waals surface area (Å²) >= 11 is 0. The molecule has 0 amide bonds. The molecule has 0 fully saturated rings. The lowest BCUT2D eigenvalue weighted by Gasteiger charge is -2.14. The van der Waals surface area contributed by atoms with Gasteiger partial charge in [-0.1, -0.05) is 6.08 Å². The number of aliphatic hydroxyl groups excluding tert-OH is 1. The van der Waals surface area contributed by atoms with Crippen LogP contribution >= 0.6 is 0 Å². The van der Waals surface area contributed by atoms with Crippen molar-refractivity contribution in [3.63, 3.8) is 0 Å². The molecular weight excluding hydrogens is 478 g/mol. The van der Waals surface area contributed by atoms with E-state index in [-0.39, 0.29) is 12.6 Å². The Hall–Kier alpha value is -1.19. The molecule has 0 atom stereocenters. The predicted molar refractivity (Wildman–Crippen MR) is 132 cm³/mol. The van der Waals surface area contributed by atoms with E-state index < -0.39 is 0 Å². The summed E-state index contributed by atoms with van der Waals surface area (Å²) < 4.78 is 47.6. The first-order valence-electron chi connectivity index (χ1n) is 12.4. The standard InChI is InChI=1S/C24H47NO11/c1-25(5-3-4-24(27)28-2)6-8-29-10-12-31-14-16-33-18-20-35-22-23-36-21-19-34-17-15-32-13-11-30-9-7-26/h3-4,26H,5-23H2,1-2H3/b4-3+. The maximum Gasteiger partial charge on any atom is 0.330 e. The maximum atomic E-state index is 11.0. The van der Waals surface area contributed by atoms with Gasteiger partial charge in [0.25, 0.3) is 0 Å². The van der Waals surface area contributed by atoms with Gasteiger partial charge in [-0.3, -0.25) is 0 Å². The average Bonchev–Trinajstić information content (AvgIpc) is 2.88. The first-order chi connectivity index (χ1) is 17.7. The van der Waals surface area contributed by atoms with Gasteiger partial charge in [0.1, 0.15) is 0 Å². The zero-order valence-corrected chi connectivity index (χ0v) is 22.1. The summed E-state index contributed by atoms with van der Waals surface area (Å²) in [6.07, 6.45) is 3.17. The number of rotatable bonds is 29. The molecule has 0 radical (unpaired) electrons. The number of likely N-dealkylation sites (N-methyl/N-ethyl adjacent to an activating group) is 1. The highest BCUT2D eigenvalue weighted by Gasteiger charge is 1.98. The van der Waals surface area contributed by atoms with E-state index in [0.717, 1.165) is 6.54 Å². The third kappa shape index (κ3) is 29.0. The maximum absolute atomic E-state index is 11.0. The summed E-state index contributed by atoms with van der Waals surface area (Å²) in [5.74, 6) is -0.353. The minimum Gasteiger partial charge on any atom is -0.466 e. The van der Waals surface area contributed by atoms with Gasteiger partial charge in [-0.2, -0.15) is 0 Å². The minimum absolute atomic E-state index is 0.0251. The average molecular weight is 526 g/mol. The van der Waals surface area contributed by atoms with Crippen molar-refractivity contribution in [2.75, 3.05) is 140 Å². The monoisotopic (exact) mass is 525 g/mol. The Morgan fingerprint density at radius 3 is 1.28 bits per heavy atom. The Morgan fingerprint density at radius 1 is 0.611 bits per heavy atom. The molecule has 214 valence electrons. The molecule has 12 nitrogen and oxygen atoms in total. The van der Waals surface area contributed by atoms with Gasteiger partial charge in [0.05, 0.1) is 119 Å². The van der Waals surface area contributed by atoms with E-state index in [4.69, 9.17) is 43.0 Å². The second-order valence-corrected chi connectivity index (χ2v) is 7.31. The molecule has 0 aliphatic carbocycles. The molecule has 36 heavy (non-hydrogen) atoms. The normalized spacial score (nSPS) is 11.7. The molecule has 0 saturated carbocycles. The fourth-order valence-electron chi connectivity index (χ4n) is 2.41. The van der Waals surface area contributed by atoms with Crippen molar-refractivity contribution < 1.29 is 52.5 Å². The van der Waals surface area contributed by atoms with Crippen LogP contribution in [0.25, 0.3) is 0 Å². The molecule has 0 aliphatic rings. The Kier molecular flexibility index (Phi) is 29.0. The summed E-state index contributed by atoms with van der Waals surface area (Å²) in [4.78, 5) is 13.0. The van der Waals surface area contributed by atoms with Crippen molar-refractivity contribution in [1.29, 1.82) is 0 Å². The molecule has 0 bridgehead atoms. The van der Waals surface area contributed by atoms with Crippen LogP contribution in [0.15, 0.2) is 12.2 Å². The van der Waals surface area contributed by atoms with E-state index in [1.54, 1.807) is 6.08 Å². The Morgan fingerprint density at radius 2 is 0.944 bits per heavy atom. The first kappa shape index (κ1) is 34.8. The number of aliphatic hydroxyl groups is 1. The van der Waals surface area contributed by atoms with Gasteiger partial charge in [-0.25, -0.2) is 4.79 Å². The summed E-state index contributed by atoms with van der Waals surface area (Å²) in [6.45, 7) is 9.41. The van der Waals surface area contributed by atoms with Gasteiger partial charge >= 0.3 is 5.97 Å². The molecule has 0 aliphatic heterocycles. The number of esters is 1. The van der Waals surface area contributed by atoms with E-state index in [0.29, 0.717) is 112 Å². The van der Waals surface area contributed by atoms with Crippen LogP contribution < -0.4 is 0 Å². The molecule has 0 rings (SSSR count). The summed E-state index contributed by atoms with van der Waals surface area (Å²) in [6, 6.07) is 0. The molecule has 0 aromatic heterocycles. The lowest BCUT2D eigenvalue weighted by atomic mass is 10.4. The fraction of sp³-hybridized carbons (Fsp3) is 0.875. The minimum atomic E-state index is -0.353. The number of carbonyl (C=O) groups excluding carboxylic acids is 1. The van der Waals surface area contributed by atoms with E-state index in [9.17, 15) is 4.79 Å². The smallest absolute Gasteiger partial charge is 0.330 e. The van der Waals surface area contributed by atoms with Gasteiger partial charge in [-0.15, -0.1) is 0 Å². The molecule has 0 heterocycles. The highest BCUT2D eigenvalue weighted by atomic mass is 16.6. The van der Waals surface area contributed by atoms with Crippen molar-refractivity contribution in [2.24, 2.45) is 0 Å². The Balaban J connectivity index is 3.13. The predicted octanol–water partition coefficient (Wildman–Crippen LogP) is -0.227. The molecule has 0 aromatic carbocycles. The number of nitrogens with zero attached hydrogens (tertiary/aromatic N) is 1. The highest BCUT2D eigenvalue weighted by molar-refractivity contribution is 5.81. The third-order valence-corrected chi connectivity index (χ3v) is 4.33. The van der Waals surface area contributed by atoms with Crippen molar-refractivity contribution in [1.82, 2.24) is 4.90 Å². The second kappa shape index (κ2) is 30.0. The molecule has 0 spiro atoms. The van der Waals surface area contributed by atoms with Crippen molar-refractivity contribution in [3.8, 4) is 0 Å². The van der Waals surface area contributed by atoms with Crippen LogP contribution in [-0.4, -0.2) is 156 Å². The Bertz CT molecular complexity index is 483. The largest absolute Gasteiger partial charge is 0.466 e. The fourth-order valence-corrected chi connectivity index (χ4v) is 2.41. The number of carbonyl (C=O) groups is 1. The van der Waals surface area contributed by atoms with Gasteiger partial charge in [0, 0.05) is 19.2 Å². The van der Waals surface area contributed by atoms with Crippen LogP contribution in [0.5, 0.6) is 0 Å². The summed E-state index contributed by atoms with van der Waals surface area (Å²) in [7, 11) is 3.31. The van der Waals surface area contributed by atoms with E-state index in [1.807, 2.05) is 11.9 Å².